The number of carbonyl (C=O) groups is 2. The SMILES string of the molecule is CC(C)n1cc(NC(=O)N2CCC[C@@H](C(=O)O)C2)cn1. The summed E-state index contributed by atoms with van der Waals surface area (Å²) in [5, 5.41) is 15.9. The average Bonchev–Trinajstić information content (AvgIpc) is 2.87. The number of hydrogen-bond acceptors (Lipinski definition) is 3. The van der Waals surface area contributed by atoms with Gasteiger partial charge in [0.25, 0.3) is 0 Å². The number of piperidine rings is 1. The molecule has 0 saturated carbocycles. The molecule has 0 unspecified atom stereocenters. The summed E-state index contributed by atoms with van der Waals surface area (Å²) >= 11 is 0. The van der Waals surface area contributed by atoms with E-state index >= 15 is 0 Å². The van der Waals surface area contributed by atoms with Crippen molar-refractivity contribution in [3.63, 3.8) is 0 Å². The molecule has 0 aliphatic carbocycles. The second-order valence-corrected chi connectivity index (χ2v) is 5.36. The Balaban J connectivity index is 1.95. The number of amides is 2. The number of aliphatic carboxylic acids is 1. The van der Waals surface area contributed by atoms with Crippen LogP contribution in [0.15, 0.2) is 12.4 Å². The zero-order valence-electron chi connectivity index (χ0n) is 11.7. The summed E-state index contributed by atoms with van der Waals surface area (Å²) in [6, 6.07) is -0.0358. The highest BCUT2D eigenvalue weighted by Crippen LogP contribution is 2.18. The molecule has 2 heterocycles. The normalized spacial score (nSPS) is 19.1. The molecule has 110 valence electrons. The Hall–Kier alpha value is -2.05. The molecular weight excluding hydrogens is 260 g/mol. The molecule has 1 saturated heterocycles. The first kappa shape index (κ1) is 14.4. The van der Waals surface area contributed by atoms with E-state index < -0.39 is 11.9 Å². The van der Waals surface area contributed by atoms with E-state index in [-0.39, 0.29) is 18.6 Å². The van der Waals surface area contributed by atoms with E-state index in [0.717, 1.165) is 6.42 Å². The number of rotatable bonds is 3. The zero-order chi connectivity index (χ0) is 14.7. The number of carbonyl (C=O) groups excluding carboxylic acids is 1. The van der Waals surface area contributed by atoms with Crippen LogP contribution in [0.1, 0.15) is 32.7 Å². The minimum atomic E-state index is -0.838. The van der Waals surface area contributed by atoms with Gasteiger partial charge in [0.05, 0.1) is 17.8 Å². The van der Waals surface area contributed by atoms with Crippen LogP contribution >= 0.6 is 0 Å². The fraction of sp³-hybridized carbons (Fsp3) is 0.615. The molecule has 0 radical (unpaired) electrons. The van der Waals surface area contributed by atoms with E-state index in [2.05, 4.69) is 10.4 Å². The number of carboxylic acid groups (broad SMARTS) is 1. The summed E-state index contributed by atoms with van der Waals surface area (Å²) in [5.74, 6) is -1.30. The summed E-state index contributed by atoms with van der Waals surface area (Å²) in [4.78, 5) is 24.6. The summed E-state index contributed by atoms with van der Waals surface area (Å²) in [6.45, 7) is 4.86. The molecule has 0 aromatic carbocycles. The number of likely N-dealkylation sites (tertiary alicyclic amines) is 1. The fourth-order valence-electron chi connectivity index (χ4n) is 2.25. The van der Waals surface area contributed by atoms with Crippen LogP contribution in [0.4, 0.5) is 10.5 Å². The minimum absolute atomic E-state index is 0.229. The Labute approximate surface area is 117 Å². The molecule has 2 rings (SSSR count). The van der Waals surface area contributed by atoms with Crippen LogP contribution in [0.25, 0.3) is 0 Å². The molecule has 1 aliphatic heterocycles. The number of urea groups is 1. The molecular formula is C13H20N4O3. The molecule has 20 heavy (non-hydrogen) atoms. The highest BCUT2D eigenvalue weighted by Gasteiger charge is 2.28. The van der Waals surface area contributed by atoms with Gasteiger partial charge in [-0.25, -0.2) is 4.79 Å². The van der Waals surface area contributed by atoms with Gasteiger partial charge in [0.1, 0.15) is 0 Å². The Morgan fingerprint density at radius 1 is 1.50 bits per heavy atom. The topological polar surface area (TPSA) is 87.5 Å². The van der Waals surface area contributed by atoms with Crippen molar-refractivity contribution in [2.75, 3.05) is 18.4 Å². The minimum Gasteiger partial charge on any atom is -0.481 e. The van der Waals surface area contributed by atoms with Crippen LogP contribution in [-0.2, 0) is 4.79 Å². The van der Waals surface area contributed by atoms with Crippen molar-refractivity contribution < 1.29 is 14.7 Å². The quantitative estimate of drug-likeness (QED) is 0.883. The van der Waals surface area contributed by atoms with Crippen molar-refractivity contribution in [3.05, 3.63) is 12.4 Å². The maximum absolute atomic E-state index is 12.1. The van der Waals surface area contributed by atoms with E-state index in [1.165, 1.54) is 0 Å². The van der Waals surface area contributed by atoms with Crippen LogP contribution in [0, 0.1) is 5.92 Å². The Kier molecular flexibility index (Phi) is 4.26. The maximum atomic E-state index is 12.1. The van der Waals surface area contributed by atoms with Crippen LogP contribution in [0.3, 0.4) is 0 Å². The second kappa shape index (κ2) is 5.94. The first-order valence-electron chi connectivity index (χ1n) is 6.80. The molecule has 1 aromatic heterocycles. The predicted molar refractivity (Wildman–Crippen MR) is 73.6 cm³/mol. The summed E-state index contributed by atoms with van der Waals surface area (Å²) < 4.78 is 1.76. The van der Waals surface area contributed by atoms with Gasteiger partial charge in [-0.2, -0.15) is 5.10 Å². The number of hydrogen-bond donors (Lipinski definition) is 2. The highest BCUT2D eigenvalue weighted by atomic mass is 16.4. The van der Waals surface area contributed by atoms with Gasteiger partial charge in [0, 0.05) is 25.3 Å². The van der Waals surface area contributed by atoms with Gasteiger partial charge in [-0.1, -0.05) is 0 Å². The van der Waals surface area contributed by atoms with Gasteiger partial charge < -0.3 is 15.3 Å². The van der Waals surface area contributed by atoms with E-state index in [4.69, 9.17) is 5.11 Å². The van der Waals surface area contributed by atoms with Crippen LogP contribution in [0.2, 0.25) is 0 Å². The fourth-order valence-corrected chi connectivity index (χ4v) is 2.25. The zero-order valence-corrected chi connectivity index (χ0v) is 11.7. The highest BCUT2D eigenvalue weighted by molar-refractivity contribution is 5.89. The lowest BCUT2D eigenvalue weighted by atomic mass is 9.99. The molecule has 1 aliphatic rings. The average molecular weight is 280 g/mol. The van der Waals surface area contributed by atoms with Gasteiger partial charge in [0.15, 0.2) is 0 Å². The number of nitrogens with zero attached hydrogens (tertiary/aromatic N) is 3. The van der Waals surface area contributed by atoms with Crippen molar-refractivity contribution >= 4 is 17.7 Å². The van der Waals surface area contributed by atoms with Gasteiger partial charge in [-0.05, 0) is 26.7 Å². The summed E-state index contributed by atoms with van der Waals surface area (Å²) in [7, 11) is 0. The largest absolute Gasteiger partial charge is 0.481 e. The Morgan fingerprint density at radius 2 is 2.25 bits per heavy atom. The maximum Gasteiger partial charge on any atom is 0.321 e. The van der Waals surface area contributed by atoms with E-state index in [9.17, 15) is 9.59 Å². The molecule has 7 nitrogen and oxygen atoms in total. The van der Waals surface area contributed by atoms with Crippen molar-refractivity contribution in [2.24, 2.45) is 5.92 Å². The van der Waals surface area contributed by atoms with E-state index in [1.54, 1.807) is 22.0 Å². The molecule has 7 heteroatoms. The third-order valence-electron chi connectivity index (χ3n) is 3.44. The predicted octanol–water partition coefficient (Wildman–Crippen LogP) is 1.79. The molecule has 1 aromatic rings. The lowest BCUT2D eigenvalue weighted by Crippen LogP contribution is -2.44. The van der Waals surface area contributed by atoms with Gasteiger partial charge in [-0.15, -0.1) is 0 Å². The van der Waals surface area contributed by atoms with Crippen molar-refractivity contribution in [3.8, 4) is 0 Å². The number of carboxylic acids is 1. The monoisotopic (exact) mass is 280 g/mol. The van der Waals surface area contributed by atoms with Crippen molar-refractivity contribution in [1.82, 2.24) is 14.7 Å². The molecule has 0 spiro atoms. The summed E-state index contributed by atoms with van der Waals surface area (Å²) in [6.07, 6.45) is 4.71. The number of nitrogens with one attached hydrogen (secondary N) is 1. The van der Waals surface area contributed by atoms with Gasteiger partial charge in [-0.3, -0.25) is 9.48 Å². The van der Waals surface area contributed by atoms with Crippen molar-refractivity contribution in [2.45, 2.75) is 32.7 Å². The van der Waals surface area contributed by atoms with E-state index in [1.807, 2.05) is 13.8 Å². The van der Waals surface area contributed by atoms with Crippen LogP contribution in [0.5, 0.6) is 0 Å². The van der Waals surface area contributed by atoms with Crippen LogP contribution in [-0.4, -0.2) is 44.9 Å². The lowest BCUT2D eigenvalue weighted by Gasteiger charge is -2.30. The van der Waals surface area contributed by atoms with Gasteiger partial charge in [0.2, 0.25) is 0 Å². The third-order valence-corrected chi connectivity index (χ3v) is 3.44. The number of anilines is 1. The molecule has 1 atom stereocenters. The van der Waals surface area contributed by atoms with E-state index in [0.29, 0.717) is 18.7 Å². The first-order chi connectivity index (χ1) is 9.47. The molecule has 2 amide bonds. The molecule has 0 bridgehead atoms. The number of aromatic nitrogens is 2. The molecule has 1 fully saturated rings. The second-order valence-electron chi connectivity index (χ2n) is 5.36. The van der Waals surface area contributed by atoms with Gasteiger partial charge >= 0.3 is 12.0 Å². The lowest BCUT2D eigenvalue weighted by molar-refractivity contribution is -0.143. The van der Waals surface area contributed by atoms with Crippen molar-refractivity contribution in [1.29, 1.82) is 0 Å². The third kappa shape index (κ3) is 3.28. The smallest absolute Gasteiger partial charge is 0.321 e. The first-order valence-corrected chi connectivity index (χ1v) is 6.80. The Bertz CT molecular complexity index is 498. The standard InChI is InChI=1S/C13H20N4O3/c1-9(2)17-8-11(6-14-17)15-13(20)16-5-3-4-10(7-16)12(18)19/h6,8-10H,3-5,7H2,1-2H3,(H,15,20)(H,18,19)/t10-/m1/s1. The summed E-state index contributed by atoms with van der Waals surface area (Å²) in [5.41, 5.74) is 0.626. The molecule has 2 N–H and O–H groups in total. The Morgan fingerprint density at radius 3 is 2.85 bits per heavy atom. The van der Waals surface area contributed by atoms with Crippen LogP contribution < -0.4 is 5.32 Å².